The number of amides is 1. The molecule has 0 bridgehead atoms. The highest BCUT2D eigenvalue weighted by Crippen LogP contribution is 2.25. The maximum absolute atomic E-state index is 13.6. The van der Waals surface area contributed by atoms with Crippen molar-refractivity contribution in [3.8, 4) is 0 Å². The van der Waals surface area contributed by atoms with Crippen LogP contribution in [0.15, 0.2) is 23.0 Å². The number of pyridine rings is 1. The minimum Gasteiger partial charge on any atom is -0.338 e. The first-order valence-electron chi connectivity index (χ1n) is 11.7. The molecule has 0 atom stereocenters. The minimum absolute atomic E-state index is 0.161. The van der Waals surface area contributed by atoms with Crippen LogP contribution < -0.4 is 5.56 Å². The Kier molecular flexibility index (Phi) is 5.80. The van der Waals surface area contributed by atoms with Crippen LogP contribution in [0.5, 0.6) is 0 Å². The number of hydrogen-bond acceptors (Lipinski definition) is 4. The van der Waals surface area contributed by atoms with E-state index in [4.69, 9.17) is 0 Å². The third-order valence-corrected chi connectivity index (χ3v) is 7.37. The largest absolute Gasteiger partial charge is 0.338 e. The molecule has 3 aliphatic heterocycles. The van der Waals surface area contributed by atoms with Crippen molar-refractivity contribution in [2.75, 3.05) is 39.3 Å². The van der Waals surface area contributed by atoms with E-state index in [-0.39, 0.29) is 11.5 Å². The monoisotopic (exact) mass is 426 g/mol. The molecule has 0 unspecified atom stereocenters. The molecule has 2 fully saturated rings. The van der Waals surface area contributed by atoms with Crippen LogP contribution in [0.4, 0.5) is 4.39 Å². The summed E-state index contributed by atoms with van der Waals surface area (Å²) in [4.78, 5) is 35.1. The SMILES string of the molecule is O=C(CCN1CCC(N2CCCC2)CC1)N1CCc2[nH]c(=O)c3cc(F)ccc3c2C1. The molecule has 4 heterocycles. The Balaban J connectivity index is 1.19. The Bertz CT molecular complexity index is 1020. The average molecular weight is 427 g/mol. The number of benzene rings is 1. The van der Waals surface area contributed by atoms with Crippen LogP contribution in [0, 0.1) is 5.82 Å². The van der Waals surface area contributed by atoms with Crippen molar-refractivity contribution in [1.82, 2.24) is 19.7 Å². The highest BCUT2D eigenvalue weighted by Gasteiger charge is 2.28. The number of aromatic amines is 1. The fourth-order valence-corrected chi connectivity index (χ4v) is 5.56. The lowest BCUT2D eigenvalue weighted by Crippen LogP contribution is -2.45. The van der Waals surface area contributed by atoms with Crippen molar-refractivity contribution in [3.63, 3.8) is 0 Å². The number of piperidine rings is 1. The van der Waals surface area contributed by atoms with Gasteiger partial charge in [0, 0.05) is 44.2 Å². The normalized spacial score (nSPS) is 21.0. The van der Waals surface area contributed by atoms with E-state index in [9.17, 15) is 14.0 Å². The summed E-state index contributed by atoms with van der Waals surface area (Å²) < 4.78 is 13.6. The third kappa shape index (κ3) is 4.26. The van der Waals surface area contributed by atoms with E-state index in [1.807, 2.05) is 4.90 Å². The lowest BCUT2D eigenvalue weighted by molar-refractivity contribution is -0.132. The van der Waals surface area contributed by atoms with E-state index in [0.717, 1.165) is 42.3 Å². The standard InChI is InChI=1S/C24H31FN4O2/c25-17-3-4-19-20(15-17)24(31)26-22-7-14-29(16-21(19)22)23(30)8-13-27-11-5-18(6-12-27)28-9-1-2-10-28/h3-4,15,18H,1-2,5-14,16H2,(H,26,31). The molecule has 2 aromatic rings. The lowest BCUT2D eigenvalue weighted by Gasteiger charge is -2.37. The molecule has 166 valence electrons. The van der Waals surface area contributed by atoms with Gasteiger partial charge in [0.25, 0.3) is 5.56 Å². The Morgan fingerprint density at radius 1 is 1.06 bits per heavy atom. The van der Waals surface area contributed by atoms with E-state index < -0.39 is 5.82 Å². The zero-order valence-electron chi connectivity index (χ0n) is 18.0. The first-order chi connectivity index (χ1) is 15.1. The first kappa shape index (κ1) is 20.6. The summed E-state index contributed by atoms with van der Waals surface area (Å²) in [7, 11) is 0. The molecule has 31 heavy (non-hydrogen) atoms. The third-order valence-electron chi connectivity index (χ3n) is 7.37. The summed E-state index contributed by atoms with van der Waals surface area (Å²) in [6.45, 7) is 6.57. The quantitative estimate of drug-likeness (QED) is 0.816. The maximum Gasteiger partial charge on any atom is 0.256 e. The second-order valence-corrected chi connectivity index (χ2v) is 9.23. The number of halogens is 1. The van der Waals surface area contributed by atoms with Crippen molar-refractivity contribution < 1.29 is 9.18 Å². The number of carbonyl (C=O) groups excluding carboxylic acids is 1. The molecular weight excluding hydrogens is 395 g/mol. The number of aromatic nitrogens is 1. The summed E-state index contributed by atoms with van der Waals surface area (Å²) >= 11 is 0. The Hall–Kier alpha value is -2.25. The van der Waals surface area contributed by atoms with Gasteiger partial charge in [0.05, 0.1) is 5.39 Å². The van der Waals surface area contributed by atoms with Crippen molar-refractivity contribution in [1.29, 1.82) is 0 Å². The molecule has 7 heteroatoms. The number of nitrogens with zero attached hydrogens (tertiary/aromatic N) is 3. The van der Waals surface area contributed by atoms with Crippen LogP contribution in [0.25, 0.3) is 10.8 Å². The summed E-state index contributed by atoms with van der Waals surface area (Å²) in [6.07, 6.45) is 6.25. The second kappa shape index (κ2) is 8.71. The molecule has 5 rings (SSSR count). The number of carbonyl (C=O) groups is 1. The van der Waals surface area contributed by atoms with Gasteiger partial charge in [-0.05, 0) is 74.9 Å². The van der Waals surface area contributed by atoms with E-state index in [0.29, 0.717) is 31.3 Å². The molecule has 3 aliphatic rings. The molecule has 0 spiro atoms. The highest BCUT2D eigenvalue weighted by molar-refractivity contribution is 5.86. The topological polar surface area (TPSA) is 59.7 Å². The van der Waals surface area contributed by atoms with Crippen molar-refractivity contribution in [2.24, 2.45) is 0 Å². The van der Waals surface area contributed by atoms with E-state index in [1.165, 1.54) is 50.9 Å². The number of hydrogen-bond donors (Lipinski definition) is 1. The molecule has 2 saturated heterocycles. The van der Waals surface area contributed by atoms with Gasteiger partial charge >= 0.3 is 0 Å². The molecule has 1 aromatic carbocycles. The lowest BCUT2D eigenvalue weighted by atomic mass is 9.98. The molecule has 6 nitrogen and oxygen atoms in total. The molecule has 1 N–H and O–H groups in total. The van der Waals surface area contributed by atoms with Crippen LogP contribution in [-0.4, -0.2) is 70.9 Å². The van der Waals surface area contributed by atoms with E-state index in [1.54, 1.807) is 6.07 Å². The fourth-order valence-electron chi connectivity index (χ4n) is 5.56. The van der Waals surface area contributed by atoms with Gasteiger partial charge in [0.15, 0.2) is 0 Å². The average Bonchev–Trinajstić information content (AvgIpc) is 3.33. The molecule has 0 saturated carbocycles. The number of rotatable bonds is 4. The van der Waals surface area contributed by atoms with E-state index >= 15 is 0 Å². The van der Waals surface area contributed by atoms with Gasteiger partial charge in [0.2, 0.25) is 5.91 Å². The van der Waals surface area contributed by atoms with Crippen molar-refractivity contribution in [2.45, 2.75) is 51.1 Å². The Labute approximate surface area is 182 Å². The van der Waals surface area contributed by atoms with Gasteiger partial charge in [-0.25, -0.2) is 4.39 Å². The Morgan fingerprint density at radius 3 is 2.61 bits per heavy atom. The van der Waals surface area contributed by atoms with Crippen LogP contribution in [0.1, 0.15) is 43.4 Å². The smallest absolute Gasteiger partial charge is 0.256 e. The second-order valence-electron chi connectivity index (χ2n) is 9.23. The molecule has 0 aliphatic carbocycles. The van der Waals surface area contributed by atoms with Crippen LogP contribution in [0.2, 0.25) is 0 Å². The van der Waals surface area contributed by atoms with Crippen molar-refractivity contribution in [3.05, 3.63) is 45.6 Å². The van der Waals surface area contributed by atoms with Gasteiger partial charge in [-0.15, -0.1) is 0 Å². The maximum atomic E-state index is 13.6. The number of likely N-dealkylation sites (tertiary alicyclic amines) is 2. The van der Waals surface area contributed by atoms with Gasteiger partial charge in [-0.3, -0.25) is 9.59 Å². The number of nitrogens with one attached hydrogen (secondary N) is 1. The van der Waals surface area contributed by atoms with Crippen LogP contribution in [-0.2, 0) is 17.8 Å². The number of H-pyrrole nitrogens is 1. The summed E-state index contributed by atoms with van der Waals surface area (Å²) in [5, 5.41) is 1.11. The Morgan fingerprint density at radius 2 is 1.84 bits per heavy atom. The first-order valence-corrected chi connectivity index (χ1v) is 11.7. The summed E-state index contributed by atoms with van der Waals surface area (Å²) in [5.41, 5.74) is 1.56. The molecule has 0 radical (unpaired) electrons. The minimum atomic E-state index is -0.421. The zero-order valence-corrected chi connectivity index (χ0v) is 18.0. The predicted molar refractivity (Wildman–Crippen MR) is 119 cm³/mol. The fraction of sp³-hybridized carbons (Fsp3) is 0.583. The van der Waals surface area contributed by atoms with Crippen molar-refractivity contribution >= 4 is 16.7 Å². The van der Waals surface area contributed by atoms with Gasteiger partial charge in [-0.2, -0.15) is 0 Å². The van der Waals surface area contributed by atoms with Gasteiger partial charge in [0.1, 0.15) is 5.82 Å². The molecular formula is C24H31FN4O2. The van der Waals surface area contributed by atoms with Crippen LogP contribution in [0.3, 0.4) is 0 Å². The van der Waals surface area contributed by atoms with E-state index in [2.05, 4.69) is 14.8 Å². The highest BCUT2D eigenvalue weighted by atomic mass is 19.1. The summed E-state index contributed by atoms with van der Waals surface area (Å²) in [6, 6.07) is 5.06. The zero-order chi connectivity index (χ0) is 21.4. The number of fused-ring (bicyclic) bond motifs is 3. The van der Waals surface area contributed by atoms with Crippen LogP contribution >= 0.6 is 0 Å². The van der Waals surface area contributed by atoms with Gasteiger partial charge in [-0.1, -0.05) is 6.07 Å². The summed E-state index contributed by atoms with van der Waals surface area (Å²) in [5.74, 6) is -0.260. The molecule has 1 amide bonds. The predicted octanol–water partition coefficient (Wildman–Crippen LogP) is 2.50. The molecule has 1 aromatic heterocycles. The van der Waals surface area contributed by atoms with Gasteiger partial charge < -0.3 is 19.7 Å².